The molecule has 1 aliphatic heterocycles. The predicted octanol–water partition coefficient (Wildman–Crippen LogP) is 2.85. The van der Waals surface area contributed by atoms with Crippen molar-refractivity contribution in [3.8, 4) is 5.75 Å². The predicted molar refractivity (Wildman–Crippen MR) is 97.0 cm³/mol. The van der Waals surface area contributed by atoms with Gasteiger partial charge in [-0.25, -0.2) is 0 Å². The van der Waals surface area contributed by atoms with Gasteiger partial charge in [0.1, 0.15) is 5.75 Å². The number of methoxy groups -OCH3 is 1. The highest BCUT2D eigenvalue weighted by atomic mass is 35.5. The van der Waals surface area contributed by atoms with Crippen molar-refractivity contribution in [1.29, 1.82) is 0 Å². The number of amides is 1. The van der Waals surface area contributed by atoms with Crippen LogP contribution in [-0.4, -0.2) is 39.3 Å². The molecule has 1 heterocycles. The number of ether oxygens (including phenoxy) is 2. The Labute approximate surface area is 149 Å². The van der Waals surface area contributed by atoms with Gasteiger partial charge < -0.3 is 20.1 Å². The average Bonchev–Trinajstić information content (AvgIpc) is 3.27. The fraction of sp³-hybridized carbons (Fsp3) is 0.611. The van der Waals surface area contributed by atoms with E-state index in [0.29, 0.717) is 13.2 Å². The minimum atomic E-state index is 0. The molecule has 1 unspecified atom stereocenters. The van der Waals surface area contributed by atoms with Gasteiger partial charge in [-0.1, -0.05) is 12.1 Å². The van der Waals surface area contributed by atoms with Gasteiger partial charge in [-0.15, -0.1) is 12.4 Å². The summed E-state index contributed by atoms with van der Waals surface area (Å²) in [5.74, 6) is 1.03. The standard InChI is InChI=1S/C18H26N2O3.ClH/c1-22-11-4-12-23-16-6-3-2-5-15(16)20-17(21)14-13-18(14)7-9-19-10-8-18;/h2-3,5-6,14,19H,4,7-13H2,1H3,(H,20,21);1H. The molecule has 24 heavy (non-hydrogen) atoms. The van der Waals surface area contributed by atoms with E-state index < -0.39 is 0 Å². The van der Waals surface area contributed by atoms with E-state index in [4.69, 9.17) is 9.47 Å². The van der Waals surface area contributed by atoms with Crippen LogP contribution in [0.3, 0.4) is 0 Å². The second-order valence-electron chi connectivity index (χ2n) is 6.55. The third-order valence-corrected chi connectivity index (χ3v) is 5.00. The van der Waals surface area contributed by atoms with Gasteiger partial charge in [0, 0.05) is 26.1 Å². The molecule has 0 radical (unpaired) electrons. The number of halogens is 1. The first-order valence-electron chi connectivity index (χ1n) is 8.47. The Balaban J connectivity index is 0.00000208. The first kappa shape index (κ1) is 19.0. The Morgan fingerprint density at radius 2 is 2.04 bits per heavy atom. The molecule has 1 aliphatic carbocycles. The van der Waals surface area contributed by atoms with Gasteiger partial charge in [0.15, 0.2) is 0 Å². The third-order valence-electron chi connectivity index (χ3n) is 5.00. The zero-order valence-corrected chi connectivity index (χ0v) is 15.0. The second-order valence-corrected chi connectivity index (χ2v) is 6.55. The monoisotopic (exact) mass is 354 g/mol. The first-order valence-corrected chi connectivity index (χ1v) is 8.47. The van der Waals surface area contributed by atoms with Gasteiger partial charge in [-0.05, 0) is 49.9 Å². The summed E-state index contributed by atoms with van der Waals surface area (Å²) >= 11 is 0. The quantitative estimate of drug-likeness (QED) is 0.739. The number of piperidine rings is 1. The van der Waals surface area contributed by atoms with E-state index in [-0.39, 0.29) is 29.6 Å². The van der Waals surface area contributed by atoms with Crippen LogP contribution in [0.1, 0.15) is 25.7 Å². The van der Waals surface area contributed by atoms with Crippen molar-refractivity contribution < 1.29 is 14.3 Å². The van der Waals surface area contributed by atoms with E-state index in [1.54, 1.807) is 7.11 Å². The van der Waals surface area contributed by atoms with Crippen molar-refractivity contribution in [1.82, 2.24) is 5.32 Å². The number of rotatable bonds is 7. The van der Waals surface area contributed by atoms with Crippen LogP contribution in [0, 0.1) is 11.3 Å². The number of carbonyl (C=O) groups is 1. The largest absolute Gasteiger partial charge is 0.491 e. The van der Waals surface area contributed by atoms with Gasteiger partial charge in [0.05, 0.1) is 12.3 Å². The van der Waals surface area contributed by atoms with Crippen LogP contribution in [0.2, 0.25) is 0 Å². The van der Waals surface area contributed by atoms with Crippen molar-refractivity contribution in [3.05, 3.63) is 24.3 Å². The van der Waals surface area contributed by atoms with Crippen LogP contribution in [0.4, 0.5) is 5.69 Å². The first-order chi connectivity index (χ1) is 11.2. The van der Waals surface area contributed by atoms with Crippen LogP contribution < -0.4 is 15.4 Å². The lowest BCUT2D eigenvalue weighted by Crippen LogP contribution is -2.31. The number of nitrogens with one attached hydrogen (secondary N) is 2. The highest BCUT2D eigenvalue weighted by Gasteiger charge is 2.57. The molecule has 2 N–H and O–H groups in total. The van der Waals surface area contributed by atoms with Crippen molar-refractivity contribution in [3.63, 3.8) is 0 Å². The van der Waals surface area contributed by atoms with E-state index in [1.165, 1.54) is 0 Å². The van der Waals surface area contributed by atoms with Crippen LogP contribution >= 0.6 is 12.4 Å². The highest BCUT2D eigenvalue weighted by Crippen LogP contribution is 2.58. The lowest BCUT2D eigenvalue weighted by Gasteiger charge is -2.23. The van der Waals surface area contributed by atoms with Crippen LogP contribution in [-0.2, 0) is 9.53 Å². The molecular weight excluding hydrogens is 328 g/mol. The molecule has 6 heteroatoms. The molecule has 1 saturated carbocycles. The third kappa shape index (κ3) is 4.41. The maximum Gasteiger partial charge on any atom is 0.228 e. The normalized spacial score (nSPS) is 21.0. The van der Waals surface area contributed by atoms with Crippen LogP contribution in [0.15, 0.2) is 24.3 Å². The summed E-state index contributed by atoms with van der Waals surface area (Å²) in [5, 5.41) is 6.44. The van der Waals surface area contributed by atoms with Gasteiger partial charge >= 0.3 is 0 Å². The Morgan fingerprint density at radius 1 is 1.29 bits per heavy atom. The average molecular weight is 355 g/mol. The van der Waals surface area contributed by atoms with Crippen LogP contribution in [0.25, 0.3) is 0 Å². The second kappa shape index (κ2) is 8.70. The van der Waals surface area contributed by atoms with Crippen molar-refractivity contribution >= 4 is 24.0 Å². The molecule has 1 aromatic carbocycles. The molecular formula is C18H27ClN2O3. The summed E-state index contributed by atoms with van der Waals surface area (Å²) in [6.07, 6.45) is 4.08. The van der Waals surface area contributed by atoms with Crippen molar-refractivity contribution in [2.75, 3.05) is 38.7 Å². The van der Waals surface area contributed by atoms with Gasteiger partial charge in [-0.3, -0.25) is 4.79 Å². The number of anilines is 1. The summed E-state index contributed by atoms with van der Waals surface area (Å²) in [6, 6.07) is 7.65. The number of para-hydroxylation sites is 2. The summed E-state index contributed by atoms with van der Waals surface area (Å²) < 4.78 is 10.8. The zero-order valence-electron chi connectivity index (χ0n) is 14.2. The van der Waals surface area contributed by atoms with Gasteiger partial charge in [-0.2, -0.15) is 0 Å². The summed E-state index contributed by atoms with van der Waals surface area (Å²) in [5.41, 5.74) is 1.02. The molecule has 1 atom stereocenters. The minimum absolute atomic E-state index is 0. The van der Waals surface area contributed by atoms with E-state index in [1.807, 2.05) is 24.3 Å². The lowest BCUT2D eigenvalue weighted by atomic mass is 9.92. The molecule has 3 rings (SSSR count). The number of hydrogen-bond donors (Lipinski definition) is 2. The summed E-state index contributed by atoms with van der Waals surface area (Å²) in [4.78, 5) is 12.6. The highest BCUT2D eigenvalue weighted by molar-refractivity contribution is 5.96. The molecule has 134 valence electrons. The smallest absolute Gasteiger partial charge is 0.228 e. The maximum atomic E-state index is 12.6. The molecule has 0 aromatic heterocycles. The van der Waals surface area contributed by atoms with E-state index in [0.717, 1.165) is 50.2 Å². The maximum absolute atomic E-state index is 12.6. The molecule has 1 amide bonds. The van der Waals surface area contributed by atoms with Gasteiger partial charge in [0.2, 0.25) is 5.91 Å². The minimum Gasteiger partial charge on any atom is -0.491 e. The number of carbonyl (C=O) groups excluding carboxylic acids is 1. The van der Waals surface area contributed by atoms with Gasteiger partial charge in [0.25, 0.3) is 0 Å². The Hall–Kier alpha value is -1.30. The van der Waals surface area contributed by atoms with Crippen LogP contribution in [0.5, 0.6) is 5.75 Å². The van der Waals surface area contributed by atoms with E-state index in [2.05, 4.69) is 10.6 Å². The Morgan fingerprint density at radius 3 is 2.79 bits per heavy atom. The SMILES string of the molecule is COCCCOc1ccccc1NC(=O)C1CC12CCNCC2.Cl. The Bertz CT molecular complexity index is 547. The lowest BCUT2D eigenvalue weighted by molar-refractivity contribution is -0.118. The topological polar surface area (TPSA) is 59.6 Å². The molecule has 2 aliphatic rings. The molecule has 1 aromatic rings. The van der Waals surface area contributed by atoms with Crippen molar-refractivity contribution in [2.45, 2.75) is 25.7 Å². The summed E-state index contributed by atoms with van der Waals surface area (Å²) in [6.45, 7) is 3.32. The van der Waals surface area contributed by atoms with E-state index >= 15 is 0 Å². The molecule has 0 bridgehead atoms. The molecule has 1 saturated heterocycles. The van der Waals surface area contributed by atoms with Crippen molar-refractivity contribution in [2.24, 2.45) is 11.3 Å². The molecule has 5 nitrogen and oxygen atoms in total. The van der Waals surface area contributed by atoms with E-state index in [9.17, 15) is 4.79 Å². The fourth-order valence-electron chi connectivity index (χ4n) is 3.50. The number of hydrogen-bond acceptors (Lipinski definition) is 4. The zero-order chi connectivity index (χ0) is 16.1. The summed E-state index contributed by atoms with van der Waals surface area (Å²) in [7, 11) is 1.68. The fourth-order valence-corrected chi connectivity index (χ4v) is 3.50. The Kier molecular flexibility index (Phi) is 6.90. The molecule has 2 fully saturated rings. The molecule has 1 spiro atoms. The number of benzene rings is 1.